The molecule has 0 saturated heterocycles. The number of hydrogen-bond donors (Lipinski definition) is 0. The molecule has 0 amide bonds. The molecule has 0 aliphatic heterocycles. The van der Waals surface area contributed by atoms with Crippen molar-refractivity contribution in [3.8, 4) is 28.4 Å². The molecule has 0 radical (unpaired) electrons. The van der Waals surface area contributed by atoms with Crippen molar-refractivity contribution in [1.29, 1.82) is 5.26 Å². The molecular formula is C22H12F3NS. The molecule has 3 aromatic carbocycles. The highest BCUT2D eigenvalue weighted by molar-refractivity contribution is 8.03. The van der Waals surface area contributed by atoms with Crippen LogP contribution in [-0.4, -0.2) is 0 Å². The van der Waals surface area contributed by atoms with E-state index in [1.54, 1.807) is 35.7 Å². The van der Waals surface area contributed by atoms with Crippen LogP contribution in [0, 0.1) is 46.9 Å². The lowest BCUT2D eigenvalue weighted by molar-refractivity contribution is 0.540. The van der Waals surface area contributed by atoms with Crippen molar-refractivity contribution in [3.63, 3.8) is 0 Å². The Kier molecular flexibility index (Phi) is 5.54. The Morgan fingerprint density at radius 1 is 0.778 bits per heavy atom. The molecule has 0 heterocycles. The highest BCUT2D eigenvalue weighted by Crippen LogP contribution is 2.26. The maximum Gasteiger partial charge on any atom is 0.142 e. The summed E-state index contributed by atoms with van der Waals surface area (Å²) in [5.41, 5.74) is 2.85. The summed E-state index contributed by atoms with van der Waals surface area (Å²) in [6.07, 6.45) is 0. The molecule has 3 rings (SSSR count). The molecule has 0 unspecified atom stereocenters. The lowest BCUT2D eigenvalue weighted by atomic mass is 10.0. The zero-order valence-electron chi connectivity index (χ0n) is 14.2. The van der Waals surface area contributed by atoms with Crippen molar-refractivity contribution in [3.05, 3.63) is 88.7 Å². The van der Waals surface area contributed by atoms with E-state index in [0.29, 0.717) is 28.5 Å². The monoisotopic (exact) mass is 379 g/mol. The van der Waals surface area contributed by atoms with E-state index < -0.39 is 11.6 Å². The van der Waals surface area contributed by atoms with Gasteiger partial charge in [-0.05, 0) is 60.1 Å². The Morgan fingerprint density at radius 3 is 2.00 bits per heavy atom. The maximum atomic E-state index is 14.0. The minimum atomic E-state index is -0.823. The molecule has 0 aromatic heterocycles. The van der Waals surface area contributed by atoms with E-state index in [9.17, 15) is 13.2 Å². The Balaban J connectivity index is 1.85. The smallest absolute Gasteiger partial charge is 0.142 e. The molecule has 1 nitrogen and oxygen atoms in total. The summed E-state index contributed by atoms with van der Waals surface area (Å²) < 4.78 is 41.7. The van der Waals surface area contributed by atoms with E-state index in [-0.39, 0.29) is 16.3 Å². The van der Waals surface area contributed by atoms with Gasteiger partial charge in [0.25, 0.3) is 0 Å². The summed E-state index contributed by atoms with van der Waals surface area (Å²) in [6.45, 7) is 1.82. The number of benzene rings is 3. The Morgan fingerprint density at radius 2 is 1.41 bits per heavy atom. The van der Waals surface area contributed by atoms with Crippen LogP contribution < -0.4 is 0 Å². The average molecular weight is 379 g/mol. The van der Waals surface area contributed by atoms with Crippen LogP contribution in [0.3, 0.4) is 0 Å². The molecule has 0 spiro atoms. The van der Waals surface area contributed by atoms with Crippen LogP contribution in [0.5, 0.6) is 0 Å². The van der Waals surface area contributed by atoms with E-state index in [2.05, 4.69) is 11.8 Å². The number of halogens is 3. The molecule has 0 bridgehead atoms. The molecule has 132 valence electrons. The van der Waals surface area contributed by atoms with Gasteiger partial charge in [-0.2, -0.15) is 5.26 Å². The standard InChI is InChI=1S/C22H12F3NS/c1-14-2-9-18(19(23)10-14)17-7-5-15(6-8-17)3-4-16-11-20(24)22(27-13-26)21(25)12-16/h2,5-12H,1H3. The van der Waals surface area contributed by atoms with Gasteiger partial charge in [0.05, 0.1) is 4.90 Å². The van der Waals surface area contributed by atoms with E-state index in [1.807, 2.05) is 13.0 Å². The predicted octanol–water partition coefficient (Wildman–Crippen LogP) is 6.05. The first-order valence-corrected chi connectivity index (χ1v) is 8.73. The molecule has 3 aromatic rings. The van der Waals surface area contributed by atoms with Crippen molar-refractivity contribution >= 4 is 11.8 Å². The normalized spacial score (nSPS) is 10.0. The zero-order chi connectivity index (χ0) is 19.4. The predicted molar refractivity (Wildman–Crippen MR) is 100 cm³/mol. The van der Waals surface area contributed by atoms with Crippen LogP contribution in [0.2, 0.25) is 0 Å². The molecule has 0 aliphatic carbocycles. The van der Waals surface area contributed by atoms with Gasteiger partial charge in [0.2, 0.25) is 0 Å². The summed E-state index contributed by atoms with van der Waals surface area (Å²) in [4.78, 5) is -0.340. The highest BCUT2D eigenvalue weighted by atomic mass is 32.2. The fourth-order valence-corrected chi connectivity index (χ4v) is 2.91. The third-order valence-electron chi connectivity index (χ3n) is 3.82. The number of thioether (sulfide) groups is 1. The second kappa shape index (κ2) is 8.03. The summed E-state index contributed by atoms with van der Waals surface area (Å²) in [7, 11) is 0. The second-order valence-electron chi connectivity index (χ2n) is 5.77. The van der Waals surface area contributed by atoms with E-state index >= 15 is 0 Å². The van der Waals surface area contributed by atoms with Gasteiger partial charge in [-0.15, -0.1) is 0 Å². The average Bonchev–Trinajstić information content (AvgIpc) is 2.64. The summed E-state index contributed by atoms with van der Waals surface area (Å²) in [5.74, 6) is 3.57. The number of thiocyanates is 1. The van der Waals surface area contributed by atoms with Crippen molar-refractivity contribution in [2.75, 3.05) is 0 Å². The topological polar surface area (TPSA) is 23.8 Å². The summed E-state index contributed by atoms with van der Waals surface area (Å²) in [6, 6.07) is 14.1. The van der Waals surface area contributed by atoms with Gasteiger partial charge < -0.3 is 0 Å². The molecule has 27 heavy (non-hydrogen) atoms. The van der Waals surface area contributed by atoms with Gasteiger partial charge in [-0.25, -0.2) is 13.2 Å². The number of nitrogens with zero attached hydrogens (tertiary/aromatic N) is 1. The molecule has 0 aliphatic rings. The molecule has 0 N–H and O–H groups in total. The lowest BCUT2D eigenvalue weighted by Gasteiger charge is -2.04. The van der Waals surface area contributed by atoms with Crippen LogP contribution in [0.25, 0.3) is 11.1 Å². The fraction of sp³-hybridized carbons (Fsp3) is 0.0455. The molecule has 0 atom stereocenters. The fourth-order valence-electron chi connectivity index (χ4n) is 2.51. The molecule has 0 saturated carbocycles. The van der Waals surface area contributed by atoms with Crippen LogP contribution in [0.15, 0.2) is 59.5 Å². The minimum absolute atomic E-state index is 0.168. The summed E-state index contributed by atoms with van der Waals surface area (Å²) in [5, 5.41) is 10.2. The van der Waals surface area contributed by atoms with Gasteiger partial charge in [-0.1, -0.05) is 36.1 Å². The largest absolute Gasteiger partial charge is 0.206 e. The van der Waals surface area contributed by atoms with Crippen molar-refractivity contribution < 1.29 is 13.2 Å². The number of hydrogen-bond acceptors (Lipinski definition) is 2. The van der Waals surface area contributed by atoms with E-state index in [1.165, 1.54) is 6.07 Å². The van der Waals surface area contributed by atoms with Gasteiger partial charge in [0.1, 0.15) is 22.9 Å². The number of rotatable bonds is 2. The first-order valence-electron chi connectivity index (χ1n) is 7.91. The zero-order valence-corrected chi connectivity index (χ0v) is 15.0. The molecule has 5 heteroatoms. The second-order valence-corrected chi connectivity index (χ2v) is 6.57. The van der Waals surface area contributed by atoms with Crippen LogP contribution >= 0.6 is 11.8 Å². The van der Waals surface area contributed by atoms with Gasteiger partial charge >= 0.3 is 0 Å². The van der Waals surface area contributed by atoms with Gasteiger partial charge in [0.15, 0.2) is 0 Å². The third kappa shape index (κ3) is 4.34. The first-order chi connectivity index (χ1) is 13.0. The summed E-state index contributed by atoms with van der Waals surface area (Å²) >= 11 is 0.430. The Hall–Kier alpha value is -3.15. The Bertz CT molecular complexity index is 1080. The maximum absolute atomic E-state index is 14.0. The molecule has 0 fully saturated rings. The lowest BCUT2D eigenvalue weighted by Crippen LogP contribution is -1.89. The first kappa shape index (κ1) is 18.6. The SMILES string of the molecule is Cc1ccc(-c2ccc(C#Cc3cc(F)c(SC#N)c(F)c3)cc2)c(F)c1. The molecular weight excluding hydrogens is 367 g/mol. The number of aryl methyl sites for hydroxylation is 1. The number of nitriles is 1. The van der Waals surface area contributed by atoms with Crippen LogP contribution in [0.1, 0.15) is 16.7 Å². The van der Waals surface area contributed by atoms with E-state index in [4.69, 9.17) is 5.26 Å². The minimum Gasteiger partial charge on any atom is -0.206 e. The Labute approximate surface area is 159 Å². The van der Waals surface area contributed by atoms with Crippen LogP contribution in [-0.2, 0) is 0 Å². The van der Waals surface area contributed by atoms with Crippen molar-refractivity contribution in [2.24, 2.45) is 0 Å². The van der Waals surface area contributed by atoms with Crippen LogP contribution in [0.4, 0.5) is 13.2 Å². The van der Waals surface area contributed by atoms with Gasteiger partial charge in [0, 0.05) is 16.7 Å². The van der Waals surface area contributed by atoms with Gasteiger partial charge in [-0.3, -0.25) is 0 Å². The quantitative estimate of drug-likeness (QED) is 0.307. The highest BCUT2D eigenvalue weighted by Gasteiger charge is 2.11. The van der Waals surface area contributed by atoms with E-state index in [0.717, 1.165) is 17.7 Å². The third-order valence-corrected chi connectivity index (χ3v) is 4.50. The van der Waals surface area contributed by atoms with Crippen molar-refractivity contribution in [2.45, 2.75) is 11.8 Å². The van der Waals surface area contributed by atoms with Crippen molar-refractivity contribution in [1.82, 2.24) is 0 Å².